The molecule has 0 aliphatic carbocycles. The van der Waals surface area contributed by atoms with Gasteiger partial charge in [-0.25, -0.2) is 4.39 Å². The Labute approximate surface area is 169 Å². The number of methoxy groups -OCH3 is 2. The average molecular weight is 397 g/mol. The number of H-pyrrole nitrogens is 1. The van der Waals surface area contributed by atoms with E-state index in [0.29, 0.717) is 29.3 Å². The van der Waals surface area contributed by atoms with Crippen molar-refractivity contribution in [1.82, 2.24) is 15.1 Å². The Morgan fingerprint density at radius 3 is 2.69 bits per heavy atom. The summed E-state index contributed by atoms with van der Waals surface area (Å²) in [6.07, 6.45) is 1.48. The number of halogens is 1. The molecule has 3 aromatic rings. The summed E-state index contributed by atoms with van der Waals surface area (Å²) in [5.74, 6) is 0.708. The van der Waals surface area contributed by atoms with E-state index >= 15 is 0 Å². The van der Waals surface area contributed by atoms with Gasteiger partial charge in [0.05, 0.1) is 25.5 Å². The van der Waals surface area contributed by atoms with Crippen LogP contribution in [0.15, 0.2) is 48.5 Å². The standard InChI is InChI=1S/C22H24FN3O3/c1-26(22(27)19-10-9-18(28-2)14-21(19)29-3)11-5-8-17-13-20(25-24-17)15-6-4-7-16(23)12-15/h4,6-7,9-10,12-14H,5,8,11H2,1-3H3,(H,24,25). The molecule has 0 bridgehead atoms. The van der Waals surface area contributed by atoms with E-state index in [2.05, 4.69) is 10.2 Å². The zero-order chi connectivity index (χ0) is 20.8. The highest BCUT2D eigenvalue weighted by Crippen LogP contribution is 2.25. The molecule has 0 saturated carbocycles. The van der Waals surface area contributed by atoms with E-state index in [4.69, 9.17) is 9.47 Å². The van der Waals surface area contributed by atoms with Crippen molar-refractivity contribution in [2.75, 3.05) is 27.8 Å². The molecular weight excluding hydrogens is 373 g/mol. The van der Waals surface area contributed by atoms with Crippen LogP contribution in [0.4, 0.5) is 4.39 Å². The zero-order valence-corrected chi connectivity index (χ0v) is 16.7. The van der Waals surface area contributed by atoms with Gasteiger partial charge in [-0.05, 0) is 43.2 Å². The van der Waals surface area contributed by atoms with Crippen molar-refractivity contribution in [3.63, 3.8) is 0 Å². The summed E-state index contributed by atoms with van der Waals surface area (Å²) in [6.45, 7) is 0.572. The summed E-state index contributed by atoms with van der Waals surface area (Å²) >= 11 is 0. The molecule has 1 heterocycles. The van der Waals surface area contributed by atoms with Crippen LogP contribution in [0.3, 0.4) is 0 Å². The minimum atomic E-state index is -0.291. The second-order valence-corrected chi connectivity index (χ2v) is 6.69. The molecule has 1 N–H and O–H groups in total. The fraction of sp³-hybridized carbons (Fsp3) is 0.273. The molecular formula is C22H24FN3O3. The lowest BCUT2D eigenvalue weighted by molar-refractivity contribution is 0.0790. The number of carbonyl (C=O) groups is 1. The number of benzene rings is 2. The third kappa shape index (κ3) is 4.93. The van der Waals surface area contributed by atoms with Crippen molar-refractivity contribution < 1.29 is 18.7 Å². The van der Waals surface area contributed by atoms with Crippen molar-refractivity contribution in [3.8, 4) is 22.8 Å². The van der Waals surface area contributed by atoms with Crippen LogP contribution >= 0.6 is 0 Å². The summed E-state index contributed by atoms with van der Waals surface area (Å²) in [5, 5.41) is 7.23. The third-order valence-electron chi connectivity index (χ3n) is 4.68. The lowest BCUT2D eigenvalue weighted by Gasteiger charge is -2.19. The van der Waals surface area contributed by atoms with Crippen LogP contribution in [0, 0.1) is 5.82 Å². The summed E-state index contributed by atoms with van der Waals surface area (Å²) in [4.78, 5) is 14.4. The van der Waals surface area contributed by atoms with Gasteiger partial charge in [-0.2, -0.15) is 5.10 Å². The van der Waals surface area contributed by atoms with Gasteiger partial charge >= 0.3 is 0 Å². The maximum atomic E-state index is 13.4. The van der Waals surface area contributed by atoms with Gasteiger partial charge in [0.15, 0.2) is 0 Å². The largest absolute Gasteiger partial charge is 0.497 e. The summed E-state index contributed by atoms with van der Waals surface area (Å²) < 4.78 is 23.9. The average Bonchev–Trinajstić information content (AvgIpc) is 3.21. The molecule has 0 aliphatic heterocycles. The van der Waals surface area contributed by atoms with Gasteiger partial charge in [0.2, 0.25) is 0 Å². The molecule has 0 aliphatic rings. The van der Waals surface area contributed by atoms with Gasteiger partial charge in [0, 0.05) is 30.9 Å². The number of ether oxygens (including phenoxy) is 2. The first kappa shape index (κ1) is 20.4. The van der Waals surface area contributed by atoms with Crippen LogP contribution < -0.4 is 9.47 Å². The molecule has 1 amide bonds. The first-order valence-electron chi connectivity index (χ1n) is 9.29. The number of aryl methyl sites for hydroxylation is 1. The smallest absolute Gasteiger partial charge is 0.257 e. The number of nitrogens with zero attached hydrogens (tertiary/aromatic N) is 2. The highest BCUT2D eigenvalue weighted by molar-refractivity contribution is 5.97. The van der Waals surface area contributed by atoms with Crippen LogP contribution in [-0.4, -0.2) is 48.8 Å². The van der Waals surface area contributed by atoms with Crippen molar-refractivity contribution in [2.45, 2.75) is 12.8 Å². The molecule has 2 aromatic carbocycles. The fourth-order valence-corrected chi connectivity index (χ4v) is 3.07. The Balaban J connectivity index is 1.57. The van der Waals surface area contributed by atoms with E-state index < -0.39 is 0 Å². The maximum absolute atomic E-state index is 13.4. The van der Waals surface area contributed by atoms with Gasteiger partial charge in [-0.15, -0.1) is 0 Å². The van der Waals surface area contributed by atoms with E-state index in [0.717, 1.165) is 24.1 Å². The first-order chi connectivity index (χ1) is 14.0. The van der Waals surface area contributed by atoms with E-state index in [1.165, 1.54) is 19.2 Å². The van der Waals surface area contributed by atoms with Crippen LogP contribution in [-0.2, 0) is 6.42 Å². The van der Waals surface area contributed by atoms with Crippen LogP contribution in [0.25, 0.3) is 11.3 Å². The maximum Gasteiger partial charge on any atom is 0.257 e. The summed E-state index contributed by atoms with van der Waals surface area (Å²) in [6, 6.07) is 13.4. The minimum absolute atomic E-state index is 0.116. The Bertz CT molecular complexity index is 987. The Morgan fingerprint density at radius 1 is 1.14 bits per heavy atom. The van der Waals surface area contributed by atoms with E-state index in [-0.39, 0.29) is 11.7 Å². The topological polar surface area (TPSA) is 67.5 Å². The van der Waals surface area contributed by atoms with E-state index in [1.807, 2.05) is 12.1 Å². The molecule has 29 heavy (non-hydrogen) atoms. The summed E-state index contributed by atoms with van der Waals surface area (Å²) in [7, 11) is 4.86. The van der Waals surface area contributed by atoms with Crippen molar-refractivity contribution in [3.05, 3.63) is 65.6 Å². The fourth-order valence-electron chi connectivity index (χ4n) is 3.07. The SMILES string of the molecule is COc1ccc(C(=O)N(C)CCCc2cc(-c3cccc(F)c3)n[nH]2)c(OC)c1. The monoisotopic (exact) mass is 397 g/mol. The highest BCUT2D eigenvalue weighted by atomic mass is 19.1. The second-order valence-electron chi connectivity index (χ2n) is 6.69. The number of hydrogen-bond donors (Lipinski definition) is 1. The van der Waals surface area contributed by atoms with Crippen molar-refractivity contribution in [1.29, 1.82) is 0 Å². The molecule has 0 unspecified atom stereocenters. The number of amides is 1. The zero-order valence-electron chi connectivity index (χ0n) is 16.7. The number of carbonyl (C=O) groups excluding carboxylic acids is 1. The lowest BCUT2D eigenvalue weighted by Crippen LogP contribution is -2.28. The Kier molecular flexibility index (Phi) is 6.49. The Morgan fingerprint density at radius 2 is 1.97 bits per heavy atom. The number of aromatic amines is 1. The predicted molar refractivity (Wildman–Crippen MR) is 109 cm³/mol. The van der Waals surface area contributed by atoms with Crippen LogP contribution in [0.1, 0.15) is 22.5 Å². The molecule has 0 radical (unpaired) electrons. The highest BCUT2D eigenvalue weighted by Gasteiger charge is 2.17. The van der Waals surface area contributed by atoms with Crippen molar-refractivity contribution >= 4 is 5.91 Å². The molecule has 1 aromatic heterocycles. The molecule has 0 saturated heterocycles. The van der Waals surface area contributed by atoms with Crippen molar-refractivity contribution in [2.24, 2.45) is 0 Å². The third-order valence-corrected chi connectivity index (χ3v) is 4.68. The molecule has 6 nitrogen and oxygen atoms in total. The molecule has 0 fully saturated rings. The van der Waals surface area contributed by atoms with Gasteiger partial charge in [-0.1, -0.05) is 12.1 Å². The van der Waals surface area contributed by atoms with Gasteiger partial charge in [0.25, 0.3) is 5.91 Å². The van der Waals surface area contributed by atoms with Gasteiger partial charge < -0.3 is 14.4 Å². The lowest BCUT2D eigenvalue weighted by atomic mass is 10.1. The van der Waals surface area contributed by atoms with E-state index in [9.17, 15) is 9.18 Å². The second kappa shape index (κ2) is 9.23. The molecule has 0 atom stereocenters. The summed E-state index contributed by atoms with van der Waals surface area (Å²) in [5.41, 5.74) is 2.86. The normalized spacial score (nSPS) is 10.6. The number of hydrogen-bond acceptors (Lipinski definition) is 4. The molecule has 7 heteroatoms. The molecule has 3 rings (SSSR count). The predicted octanol–water partition coefficient (Wildman–Crippen LogP) is 3.94. The van der Waals surface area contributed by atoms with Crippen LogP contribution in [0.5, 0.6) is 11.5 Å². The van der Waals surface area contributed by atoms with Crippen LogP contribution in [0.2, 0.25) is 0 Å². The molecule has 152 valence electrons. The van der Waals surface area contributed by atoms with E-state index in [1.54, 1.807) is 43.3 Å². The Hall–Kier alpha value is -3.35. The minimum Gasteiger partial charge on any atom is -0.497 e. The van der Waals surface area contributed by atoms with Gasteiger partial charge in [-0.3, -0.25) is 9.89 Å². The number of rotatable bonds is 8. The first-order valence-corrected chi connectivity index (χ1v) is 9.29. The number of aromatic nitrogens is 2. The quantitative estimate of drug-likeness (QED) is 0.625. The molecule has 0 spiro atoms. The van der Waals surface area contributed by atoms with Gasteiger partial charge in [0.1, 0.15) is 17.3 Å². The number of nitrogens with one attached hydrogen (secondary N) is 1.